The summed E-state index contributed by atoms with van der Waals surface area (Å²) < 4.78 is 30.1. The normalized spacial score (nSPS) is 11.1. The number of benzene rings is 2. The van der Waals surface area contributed by atoms with Crippen LogP contribution in [0.25, 0.3) is 22.5 Å². The minimum absolute atomic E-state index is 0.305. The molecule has 136 valence electrons. The fraction of sp³-hybridized carbons (Fsp3) is 0.100. The lowest BCUT2D eigenvalue weighted by atomic mass is 10.0. The molecule has 0 saturated carbocycles. The largest absolute Gasteiger partial charge is 0.250 e. The Labute approximate surface area is 159 Å². The molecule has 0 saturated heterocycles. The van der Waals surface area contributed by atoms with E-state index in [9.17, 15) is 8.78 Å². The quantitative estimate of drug-likeness (QED) is 0.487. The number of nitrogens with zero attached hydrogens (tertiary/aromatic N) is 4. The zero-order chi connectivity index (χ0) is 19.0. The summed E-state index contributed by atoms with van der Waals surface area (Å²) in [7, 11) is 0. The highest BCUT2D eigenvalue weighted by atomic mass is 35.5. The first-order valence-electron chi connectivity index (χ1n) is 8.28. The highest BCUT2D eigenvalue weighted by Gasteiger charge is 2.18. The first kappa shape index (κ1) is 17.4. The molecule has 0 aliphatic rings. The lowest BCUT2D eigenvalue weighted by Crippen LogP contribution is -2.11. The van der Waals surface area contributed by atoms with Crippen LogP contribution >= 0.6 is 11.6 Å². The molecule has 0 N–H and O–H groups in total. The van der Waals surface area contributed by atoms with Crippen molar-refractivity contribution in [3.63, 3.8) is 0 Å². The molecule has 0 fully saturated rings. The van der Waals surface area contributed by atoms with Crippen LogP contribution in [0.2, 0.25) is 5.02 Å². The third-order valence-corrected chi connectivity index (χ3v) is 4.50. The Bertz CT molecular complexity index is 1080. The van der Waals surface area contributed by atoms with Crippen LogP contribution in [0.4, 0.5) is 8.78 Å². The smallest absolute Gasteiger partial charge is 0.133 e. The van der Waals surface area contributed by atoms with Crippen LogP contribution in [0.1, 0.15) is 5.56 Å². The summed E-state index contributed by atoms with van der Waals surface area (Å²) in [6.07, 6.45) is 3.25. The summed E-state index contributed by atoms with van der Waals surface area (Å²) >= 11 is 5.96. The summed E-state index contributed by atoms with van der Waals surface area (Å²) in [4.78, 5) is 0. The van der Waals surface area contributed by atoms with Crippen LogP contribution in [-0.2, 0) is 6.67 Å². The molecule has 0 spiro atoms. The molecule has 0 aliphatic heterocycles. The Morgan fingerprint density at radius 2 is 1.52 bits per heavy atom. The Morgan fingerprint density at radius 1 is 0.926 bits per heavy atom. The van der Waals surface area contributed by atoms with Gasteiger partial charge in [-0.05, 0) is 55.5 Å². The molecular weight excluding hydrogens is 370 g/mol. The van der Waals surface area contributed by atoms with Crippen molar-refractivity contribution in [1.29, 1.82) is 0 Å². The fourth-order valence-electron chi connectivity index (χ4n) is 3.06. The average molecular weight is 385 g/mol. The molecule has 4 aromatic rings. The summed E-state index contributed by atoms with van der Waals surface area (Å²) in [5, 5.41) is 9.44. The molecular formula is C20H15ClF2N4. The Morgan fingerprint density at radius 3 is 2.07 bits per heavy atom. The van der Waals surface area contributed by atoms with Crippen LogP contribution in [0.15, 0.2) is 60.9 Å². The van der Waals surface area contributed by atoms with Crippen molar-refractivity contribution in [2.45, 2.75) is 13.6 Å². The Kier molecular flexibility index (Phi) is 4.49. The number of hydrogen-bond acceptors (Lipinski definition) is 2. The number of hydrogen-bond donors (Lipinski definition) is 0. The SMILES string of the molecule is Cc1c(-c2ccc(F)cc2)nn(Cn2cc(Cl)cn2)c1-c1ccc(F)cc1. The fourth-order valence-corrected chi connectivity index (χ4v) is 3.22. The second-order valence-corrected chi connectivity index (χ2v) is 6.61. The zero-order valence-electron chi connectivity index (χ0n) is 14.4. The first-order valence-corrected chi connectivity index (χ1v) is 8.66. The van der Waals surface area contributed by atoms with Crippen LogP contribution in [0.5, 0.6) is 0 Å². The van der Waals surface area contributed by atoms with Crippen molar-refractivity contribution in [3.05, 3.63) is 83.1 Å². The molecule has 4 rings (SSSR count). The van der Waals surface area contributed by atoms with Crippen LogP contribution < -0.4 is 0 Å². The lowest BCUT2D eigenvalue weighted by Gasteiger charge is -2.09. The minimum atomic E-state index is -0.305. The van der Waals surface area contributed by atoms with Gasteiger partial charge in [0, 0.05) is 22.9 Å². The number of halogens is 3. The molecule has 2 aromatic carbocycles. The van der Waals surface area contributed by atoms with Crippen molar-refractivity contribution in [2.75, 3.05) is 0 Å². The summed E-state index contributed by atoms with van der Waals surface area (Å²) in [5.41, 5.74) is 4.10. The van der Waals surface area contributed by atoms with E-state index in [0.717, 1.165) is 28.1 Å². The van der Waals surface area contributed by atoms with Crippen molar-refractivity contribution < 1.29 is 8.78 Å². The highest BCUT2D eigenvalue weighted by molar-refractivity contribution is 6.30. The second kappa shape index (κ2) is 6.96. The van der Waals surface area contributed by atoms with Gasteiger partial charge in [-0.3, -0.25) is 0 Å². The minimum Gasteiger partial charge on any atom is -0.250 e. The molecule has 7 heteroatoms. The van der Waals surface area contributed by atoms with E-state index >= 15 is 0 Å². The van der Waals surface area contributed by atoms with Gasteiger partial charge in [-0.25, -0.2) is 18.1 Å². The van der Waals surface area contributed by atoms with E-state index in [0.29, 0.717) is 11.7 Å². The van der Waals surface area contributed by atoms with Gasteiger partial charge < -0.3 is 0 Å². The van der Waals surface area contributed by atoms with Crippen molar-refractivity contribution >= 4 is 11.6 Å². The molecule has 0 amide bonds. The van der Waals surface area contributed by atoms with Crippen LogP contribution in [0.3, 0.4) is 0 Å². The molecule has 4 nitrogen and oxygen atoms in total. The van der Waals surface area contributed by atoms with Crippen LogP contribution in [-0.4, -0.2) is 19.6 Å². The van der Waals surface area contributed by atoms with Gasteiger partial charge in [0.25, 0.3) is 0 Å². The standard InChI is InChI=1S/C20H15ClF2N4/c1-13-19(14-2-6-17(22)7-3-14)25-27(12-26-11-16(21)10-24-26)20(13)15-4-8-18(23)9-5-15/h2-11H,12H2,1H3. The molecule has 0 aliphatic carbocycles. The third-order valence-electron chi connectivity index (χ3n) is 4.31. The van der Waals surface area contributed by atoms with Gasteiger partial charge >= 0.3 is 0 Å². The molecule has 27 heavy (non-hydrogen) atoms. The van der Waals surface area contributed by atoms with E-state index < -0.39 is 0 Å². The van der Waals surface area contributed by atoms with Crippen LogP contribution in [0, 0.1) is 18.6 Å². The van der Waals surface area contributed by atoms with Crippen molar-refractivity contribution in [2.24, 2.45) is 0 Å². The molecule has 2 heterocycles. The van der Waals surface area contributed by atoms with Gasteiger partial charge in [-0.1, -0.05) is 11.6 Å². The third kappa shape index (κ3) is 3.48. The molecule has 0 radical (unpaired) electrons. The van der Waals surface area contributed by atoms with Gasteiger partial charge in [0.15, 0.2) is 0 Å². The predicted molar refractivity (Wildman–Crippen MR) is 100 cm³/mol. The van der Waals surface area contributed by atoms with Gasteiger partial charge in [-0.15, -0.1) is 0 Å². The Hall–Kier alpha value is -2.99. The maximum Gasteiger partial charge on any atom is 0.133 e. The molecule has 2 aromatic heterocycles. The number of aromatic nitrogens is 4. The maximum absolute atomic E-state index is 13.4. The number of rotatable bonds is 4. The van der Waals surface area contributed by atoms with Crippen molar-refractivity contribution in [3.8, 4) is 22.5 Å². The Balaban J connectivity index is 1.85. The van der Waals surface area contributed by atoms with E-state index in [1.807, 2.05) is 6.92 Å². The zero-order valence-corrected chi connectivity index (χ0v) is 15.2. The predicted octanol–water partition coefficient (Wildman–Crippen LogP) is 5.16. The van der Waals surface area contributed by atoms with Gasteiger partial charge in [0.2, 0.25) is 0 Å². The topological polar surface area (TPSA) is 35.6 Å². The molecule has 0 bridgehead atoms. The summed E-state index contributed by atoms with van der Waals surface area (Å²) in [6.45, 7) is 2.28. The first-order chi connectivity index (χ1) is 13.0. The van der Waals surface area contributed by atoms with Gasteiger partial charge in [0.05, 0.1) is 22.6 Å². The van der Waals surface area contributed by atoms with E-state index in [1.54, 1.807) is 46.0 Å². The highest BCUT2D eigenvalue weighted by Crippen LogP contribution is 2.32. The van der Waals surface area contributed by atoms with E-state index in [2.05, 4.69) is 5.10 Å². The van der Waals surface area contributed by atoms with Gasteiger partial charge in [0.1, 0.15) is 18.3 Å². The van der Waals surface area contributed by atoms with E-state index in [1.165, 1.54) is 24.3 Å². The second-order valence-electron chi connectivity index (χ2n) is 6.17. The monoisotopic (exact) mass is 384 g/mol. The maximum atomic E-state index is 13.4. The molecule has 0 unspecified atom stereocenters. The lowest BCUT2D eigenvalue weighted by molar-refractivity contribution is 0.508. The van der Waals surface area contributed by atoms with Crippen molar-refractivity contribution in [1.82, 2.24) is 19.6 Å². The van der Waals surface area contributed by atoms with E-state index in [-0.39, 0.29) is 11.6 Å². The summed E-state index contributed by atoms with van der Waals surface area (Å²) in [6, 6.07) is 12.4. The molecule has 0 atom stereocenters. The average Bonchev–Trinajstić information content (AvgIpc) is 3.20. The summed E-state index contributed by atoms with van der Waals surface area (Å²) in [5.74, 6) is -0.610. The van der Waals surface area contributed by atoms with E-state index in [4.69, 9.17) is 16.7 Å². The van der Waals surface area contributed by atoms with Gasteiger partial charge in [-0.2, -0.15) is 10.2 Å².